The molecule has 1 atom stereocenters. The van der Waals surface area contributed by atoms with Gasteiger partial charge in [-0.1, -0.05) is 29.4 Å². The number of fused-ring (bicyclic) bond motifs is 1. The molecule has 1 aromatic heterocycles. The Bertz CT molecular complexity index is 1260. The highest BCUT2D eigenvalue weighted by Gasteiger charge is 2.33. The van der Waals surface area contributed by atoms with Gasteiger partial charge in [0.2, 0.25) is 5.91 Å². The maximum absolute atomic E-state index is 14.4. The Labute approximate surface area is 201 Å². The fourth-order valence-electron chi connectivity index (χ4n) is 3.42. The van der Waals surface area contributed by atoms with E-state index in [4.69, 9.17) is 11.6 Å². The van der Waals surface area contributed by atoms with E-state index in [1.807, 2.05) is 0 Å². The number of thioether (sulfide) groups is 1. The summed E-state index contributed by atoms with van der Waals surface area (Å²) in [6, 6.07) is 6.60. The van der Waals surface area contributed by atoms with Crippen molar-refractivity contribution in [2.75, 3.05) is 4.90 Å². The molecule has 0 saturated heterocycles. The number of amides is 2. The van der Waals surface area contributed by atoms with E-state index in [9.17, 15) is 27.2 Å². The highest BCUT2D eigenvalue weighted by molar-refractivity contribution is 8.00. The monoisotopic (exact) mass is 509 g/mol. The third-order valence-corrected chi connectivity index (χ3v) is 6.64. The van der Waals surface area contributed by atoms with Crippen molar-refractivity contribution < 1.29 is 27.2 Å². The van der Waals surface area contributed by atoms with E-state index >= 15 is 0 Å². The predicted molar refractivity (Wildman–Crippen MR) is 120 cm³/mol. The van der Waals surface area contributed by atoms with Crippen molar-refractivity contribution >= 4 is 40.9 Å². The van der Waals surface area contributed by atoms with Crippen molar-refractivity contribution in [3.8, 4) is 0 Å². The number of rotatable bonds is 5. The molecule has 176 valence electrons. The zero-order chi connectivity index (χ0) is 24.6. The lowest BCUT2D eigenvalue weighted by Crippen LogP contribution is -2.40. The minimum atomic E-state index is -1.13. The molecule has 0 aliphatic carbocycles. The van der Waals surface area contributed by atoms with Gasteiger partial charge >= 0.3 is 0 Å². The molecule has 3 aromatic rings. The minimum absolute atomic E-state index is 0.00858. The molecule has 0 bridgehead atoms. The summed E-state index contributed by atoms with van der Waals surface area (Å²) in [5, 5.41) is 2.44. The first-order valence-corrected chi connectivity index (χ1v) is 11.2. The first kappa shape index (κ1) is 24.0. The smallest absolute Gasteiger partial charge is 0.253 e. The van der Waals surface area contributed by atoms with Crippen molar-refractivity contribution in [2.24, 2.45) is 0 Å². The van der Waals surface area contributed by atoms with E-state index in [1.165, 1.54) is 47.1 Å². The summed E-state index contributed by atoms with van der Waals surface area (Å²) in [4.78, 5) is 31.1. The Kier molecular flexibility index (Phi) is 6.81. The standard InChI is InChI=1S/C23H16ClF4N3O2S/c1-11-23(33)31(10-15-16(24)3-2-4-17(15)26)20-5-12(8-30-22(20)34-11)21(32)29-9-14-18(27)6-13(25)7-19(14)28/h2-8,11H,9-10H2,1H3,(H,29,32). The zero-order valence-corrected chi connectivity index (χ0v) is 19.1. The second kappa shape index (κ2) is 9.63. The topological polar surface area (TPSA) is 62.3 Å². The van der Waals surface area contributed by atoms with Crippen LogP contribution in [0.25, 0.3) is 0 Å². The van der Waals surface area contributed by atoms with Gasteiger partial charge in [-0.3, -0.25) is 9.59 Å². The highest BCUT2D eigenvalue weighted by atomic mass is 35.5. The molecule has 0 radical (unpaired) electrons. The van der Waals surface area contributed by atoms with Crippen molar-refractivity contribution in [3.63, 3.8) is 0 Å². The van der Waals surface area contributed by atoms with Crippen molar-refractivity contribution in [1.29, 1.82) is 0 Å². The molecule has 0 fully saturated rings. The Balaban J connectivity index is 1.62. The summed E-state index contributed by atoms with van der Waals surface area (Å²) in [5.41, 5.74) is -0.107. The third-order valence-electron chi connectivity index (χ3n) is 5.20. The number of nitrogens with one attached hydrogen (secondary N) is 1. The van der Waals surface area contributed by atoms with E-state index in [0.29, 0.717) is 17.2 Å². The first-order valence-electron chi connectivity index (χ1n) is 9.98. The van der Waals surface area contributed by atoms with Crippen LogP contribution in [0.15, 0.2) is 47.6 Å². The second-order valence-corrected chi connectivity index (χ2v) is 9.20. The van der Waals surface area contributed by atoms with Gasteiger partial charge in [0.1, 0.15) is 28.3 Å². The fourth-order valence-corrected chi connectivity index (χ4v) is 4.61. The second-order valence-electron chi connectivity index (χ2n) is 7.46. The molecular weight excluding hydrogens is 494 g/mol. The van der Waals surface area contributed by atoms with Crippen LogP contribution in [-0.2, 0) is 17.9 Å². The normalized spacial score (nSPS) is 15.3. The molecular formula is C23H16ClF4N3O2S. The van der Waals surface area contributed by atoms with Gasteiger partial charge in [-0.05, 0) is 25.1 Å². The van der Waals surface area contributed by atoms with Crippen molar-refractivity contribution in [2.45, 2.75) is 30.3 Å². The number of hydrogen-bond acceptors (Lipinski definition) is 4. The van der Waals surface area contributed by atoms with Gasteiger partial charge < -0.3 is 10.2 Å². The SMILES string of the molecule is CC1Sc2ncc(C(=O)NCc3c(F)cc(F)cc3F)cc2N(Cc2c(F)cccc2Cl)C1=O. The molecule has 0 saturated carbocycles. The van der Waals surface area contributed by atoms with Gasteiger partial charge in [-0.15, -0.1) is 0 Å². The molecule has 0 spiro atoms. The zero-order valence-electron chi connectivity index (χ0n) is 17.5. The van der Waals surface area contributed by atoms with Crippen molar-refractivity contribution in [3.05, 3.63) is 87.6 Å². The number of aromatic nitrogens is 1. The quantitative estimate of drug-likeness (QED) is 0.477. The average Bonchev–Trinajstić information content (AvgIpc) is 2.77. The van der Waals surface area contributed by atoms with E-state index in [-0.39, 0.29) is 34.3 Å². The number of anilines is 1. The first-order chi connectivity index (χ1) is 16.2. The molecule has 11 heteroatoms. The molecule has 2 heterocycles. The molecule has 2 aromatic carbocycles. The number of halogens is 5. The average molecular weight is 510 g/mol. The van der Waals surface area contributed by atoms with Crippen LogP contribution in [0.3, 0.4) is 0 Å². The van der Waals surface area contributed by atoms with Crippen LogP contribution in [0, 0.1) is 23.3 Å². The van der Waals surface area contributed by atoms with Crippen LogP contribution < -0.4 is 10.2 Å². The van der Waals surface area contributed by atoms with Gasteiger partial charge in [0.15, 0.2) is 0 Å². The van der Waals surface area contributed by atoms with Gasteiger partial charge in [0.25, 0.3) is 5.91 Å². The molecule has 1 aliphatic rings. The lowest BCUT2D eigenvalue weighted by molar-refractivity contribution is -0.118. The van der Waals surface area contributed by atoms with Gasteiger partial charge in [-0.25, -0.2) is 22.5 Å². The summed E-state index contributed by atoms with van der Waals surface area (Å²) in [7, 11) is 0. The lowest BCUT2D eigenvalue weighted by atomic mass is 10.1. The molecule has 34 heavy (non-hydrogen) atoms. The van der Waals surface area contributed by atoms with Gasteiger partial charge in [-0.2, -0.15) is 0 Å². The van der Waals surface area contributed by atoms with E-state index < -0.39 is 46.5 Å². The van der Waals surface area contributed by atoms with E-state index in [2.05, 4.69) is 10.3 Å². The maximum atomic E-state index is 14.4. The summed E-state index contributed by atoms with van der Waals surface area (Å²) in [5.74, 6) is -4.98. The Hall–Kier alpha value is -3.11. The summed E-state index contributed by atoms with van der Waals surface area (Å²) >= 11 is 7.31. The molecule has 4 rings (SSSR count). The number of nitrogens with zero attached hydrogens (tertiary/aromatic N) is 2. The molecule has 2 amide bonds. The molecule has 1 aliphatic heterocycles. The van der Waals surface area contributed by atoms with Crippen LogP contribution in [0.4, 0.5) is 23.2 Å². The predicted octanol–water partition coefficient (Wildman–Crippen LogP) is 5.25. The molecule has 5 nitrogen and oxygen atoms in total. The highest BCUT2D eigenvalue weighted by Crippen LogP contribution is 2.39. The van der Waals surface area contributed by atoms with Crippen molar-refractivity contribution in [1.82, 2.24) is 10.3 Å². The largest absolute Gasteiger partial charge is 0.348 e. The number of carbonyl (C=O) groups is 2. The summed E-state index contributed by atoms with van der Waals surface area (Å²) in [6.07, 6.45) is 1.26. The fraction of sp³-hybridized carbons (Fsp3) is 0.174. The number of hydrogen-bond donors (Lipinski definition) is 1. The van der Waals surface area contributed by atoms with E-state index in [1.54, 1.807) is 6.92 Å². The van der Waals surface area contributed by atoms with E-state index in [0.717, 1.165) is 0 Å². The number of benzene rings is 2. The van der Waals surface area contributed by atoms with Gasteiger partial charge in [0, 0.05) is 41.0 Å². The van der Waals surface area contributed by atoms with Crippen LogP contribution in [0.1, 0.15) is 28.4 Å². The van der Waals surface area contributed by atoms with Crippen LogP contribution in [-0.4, -0.2) is 22.0 Å². The van der Waals surface area contributed by atoms with Crippen LogP contribution in [0.2, 0.25) is 5.02 Å². The Morgan fingerprint density at radius 3 is 2.50 bits per heavy atom. The number of pyridine rings is 1. The Morgan fingerprint density at radius 2 is 1.82 bits per heavy atom. The van der Waals surface area contributed by atoms with Crippen LogP contribution >= 0.6 is 23.4 Å². The summed E-state index contributed by atoms with van der Waals surface area (Å²) < 4.78 is 55.2. The van der Waals surface area contributed by atoms with Gasteiger partial charge in [0.05, 0.1) is 23.0 Å². The Morgan fingerprint density at radius 1 is 1.12 bits per heavy atom. The minimum Gasteiger partial charge on any atom is -0.348 e. The third kappa shape index (κ3) is 4.74. The number of carbonyl (C=O) groups excluding carboxylic acids is 2. The lowest BCUT2D eigenvalue weighted by Gasteiger charge is -2.32. The molecule has 1 N–H and O–H groups in total. The molecule has 1 unspecified atom stereocenters. The maximum Gasteiger partial charge on any atom is 0.253 e. The summed E-state index contributed by atoms with van der Waals surface area (Å²) in [6.45, 7) is 0.966. The van der Waals surface area contributed by atoms with Crippen LogP contribution in [0.5, 0.6) is 0 Å².